The highest BCUT2D eigenvalue weighted by molar-refractivity contribution is 7.17. The minimum absolute atomic E-state index is 0.305. The van der Waals surface area contributed by atoms with E-state index in [-0.39, 0.29) is 0 Å². The highest BCUT2D eigenvalue weighted by atomic mass is 32.1. The maximum atomic E-state index is 5.80. The average molecular weight is 306 g/mol. The molecule has 0 radical (unpaired) electrons. The van der Waals surface area contributed by atoms with Crippen molar-refractivity contribution in [2.45, 2.75) is 39.0 Å². The van der Waals surface area contributed by atoms with Gasteiger partial charge in [0.1, 0.15) is 12.1 Å². The summed E-state index contributed by atoms with van der Waals surface area (Å²) in [4.78, 5) is 11.1. The third-order valence-electron chi connectivity index (χ3n) is 3.88. The zero-order valence-corrected chi connectivity index (χ0v) is 13.6. The summed E-state index contributed by atoms with van der Waals surface area (Å²) in [7, 11) is 0. The smallest absolute Gasteiger partial charge is 0.147 e. The summed E-state index contributed by atoms with van der Waals surface area (Å²) in [5.41, 5.74) is 1.01. The second kappa shape index (κ2) is 6.25. The fourth-order valence-electron chi connectivity index (χ4n) is 2.87. The molecule has 6 heteroatoms. The van der Waals surface area contributed by atoms with E-state index in [1.165, 1.54) is 0 Å². The number of hydrogen-bond acceptors (Lipinski definition) is 6. The molecule has 2 aromatic rings. The third-order valence-corrected chi connectivity index (χ3v) is 4.79. The second-order valence-corrected chi connectivity index (χ2v) is 6.71. The van der Waals surface area contributed by atoms with Crippen LogP contribution in [0.3, 0.4) is 0 Å². The number of ether oxygens (including phenoxy) is 1. The van der Waals surface area contributed by atoms with Crippen molar-refractivity contribution in [3.8, 4) is 0 Å². The van der Waals surface area contributed by atoms with Gasteiger partial charge in [-0.2, -0.15) is 0 Å². The van der Waals surface area contributed by atoms with Gasteiger partial charge in [0.2, 0.25) is 0 Å². The number of hydrogen-bond donors (Lipinski definition) is 1. The highest BCUT2D eigenvalue weighted by Gasteiger charge is 2.25. The van der Waals surface area contributed by atoms with Crippen LogP contribution in [0.1, 0.15) is 20.8 Å². The van der Waals surface area contributed by atoms with Gasteiger partial charge < -0.3 is 10.1 Å². The summed E-state index contributed by atoms with van der Waals surface area (Å²) in [6.45, 7) is 9.40. The van der Waals surface area contributed by atoms with E-state index in [9.17, 15) is 0 Å². The molecule has 0 spiro atoms. The average Bonchev–Trinajstić information content (AvgIpc) is 2.92. The fourth-order valence-corrected chi connectivity index (χ4v) is 3.68. The topological polar surface area (TPSA) is 50.3 Å². The second-order valence-electron chi connectivity index (χ2n) is 5.80. The van der Waals surface area contributed by atoms with Gasteiger partial charge in [0.15, 0.2) is 0 Å². The molecule has 0 aromatic carbocycles. The first kappa shape index (κ1) is 14.7. The lowest BCUT2D eigenvalue weighted by Gasteiger charge is -2.39. The molecule has 0 aliphatic carbocycles. The molecule has 0 saturated carbocycles. The molecular weight excluding hydrogens is 284 g/mol. The van der Waals surface area contributed by atoms with Gasteiger partial charge in [0.05, 0.1) is 22.4 Å². The largest absolute Gasteiger partial charge is 0.373 e. The van der Waals surface area contributed by atoms with Gasteiger partial charge >= 0.3 is 0 Å². The number of fused-ring (bicyclic) bond motifs is 1. The van der Waals surface area contributed by atoms with Crippen molar-refractivity contribution in [1.29, 1.82) is 0 Å². The number of rotatable bonds is 4. The lowest BCUT2D eigenvalue weighted by Crippen LogP contribution is -2.51. The van der Waals surface area contributed by atoms with Crippen molar-refractivity contribution in [1.82, 2.24) is 14.9 Å². The lowest BCUT2D eigenvalue weighted by atomic mass is 10.1. The summed E-state index contributed by atoms with van der Waals surface area (Å²) in [6, 6.07) is 2.48. The summed E-state index contributed by atoms with van der Waals surface area (Å²) >= 11 is 1.68. The van der Waals surface area contributed by atoms with Gasteiger partial charge in [-0.15, -0.1) is 11.3 Å². The Labute approximate surface area is 129 Å². The molecule has 21 heavy (non-hydrogen) atoms. The first-order chi connectivity index (χ1) is 10.1. The van der Waals surface area contributed by atoms with Crippen LogP contribution in [0.5, 0.6) is 0 Å². The van der Waals surface area contributed by atoms with Crippen LogP contribution in [0.2, 0.25) is 0 Å². The molecule has 1 N–H and O–H groups in total. The summed E-state index contributed by atoms with van der Waals surface area (Å²) in [5, 5.41) is 5.53. The Bertz CT molecular complexity index is 592. The van der Waals surface area contributed by atoms with Gasteiger partial charge in [-0.05, 0) is 32.2 Å². The van der Waals surface area contributed by atoms with Gasteiger partial charge in [0.25, 0.3) is 0 Å². The monoisotopic (exact) mass is 306 g/mol. The number of nitrogens with one attached hydrogen (secondary N) is 1. The van der Waals surface area contributed by atoms with Crippen molar-refractivity contribution in [3.63, 3.8) is 0 Å². The van der Waals surface area contributed by atoms with Crippen LogP contribution in [0, 0.1) is 0 Å². The van der Waals surface area contributed by atoms with E-state index in [2.05, 4.69) is 46.3 Å². The zero-order chi connectivity index (χ0) is 14.8. The molecule has 1 fully saturated rings. The molecule has 114 valence electrons. The van der Waals surface area contributed by atoms with Gasteiger partial charge in [0, 0.05) is 25.7 Å². The SMILES string of the molecule is C[C@@H]1CN([C@@H](C)CNc2ncnc3ccsc23)C[C@H](C)O1. The molecule has 1 aliphatic heterocycles. The quantitative estimate of drug-likeness (QED) is 0.941. The van der Waals surface area contributed by atoms with E-state index >= 15 is 0 Å². The Morgan fingerprint density at radius 3 is 2.90 bits per heavy atom. The first-order valence-electron chi connectivity index (χ1n) is 7.45. The van der Waals surface area contributed by atoms with Crippen LogP contribution >= 0.6 is 11.3 Å². The van der Waals surface area contributed by atoms with Gasteiger partial charge in [-0.1, -0.05) is 0 Å². The number of aromatic nitrogens is 2. The molecule has 3 rings (SSSR count). The van der Waals surface area contributed by atoms with E-state index < -0.39 is 0 Å². The van der Waals surface area contributed by atoms with Crippen molar-refractivity contribution < 1.29 is 4.74 Å². The Morgan fingerprint density at radius 1 is 1.38 bits per heavy atom. The van der Waals surface area contributed by atoms with Crippen LogP contribution in [0.25, 0.3) is 10.2 Å². The maximum Gasteiger partial charge on any atom is 0.147 e. The minimum Gasteiger partial charge on any atom is -0.373 e. The maximum absolute atomic E-state index is 5.80. The molecule has 0 bridgehead atoms. The standard InChI is InChI=1S/C15H22N4OS/c1-10(19-7-11(2)20-12(3)8-19)6-16-15-14-13(4-5-21-14)17-9-18-15/h4-5,9-12H,6-8H2,1-3H3,(H,16,17,18)/t10-,11-,12+/m0/s1. The Kier molecular flexibility index (Phi) is 4.37. The highest BCUT2D eigenvalue weighted by Crippen LogP contribution is 2.25. The van der Waals surface area contributed by atoms with E-state index in [1.54, 1.807) is 17.7 Å². The van der Waals surface area contributed by atoms with E-state index in [1.807, 2.05) is 6.07 Å². The Morgan fingerprint density at radius 2 is 2.14 bits per heavy atom. The molecule has 0 amide bonds. The predicted molar refractivity (Wildman–Crippen MR) is 86.9 cm³/mol. The van der Waals surface area contributed by atoms with Crippen LogP contribution in [-0.2, 0) is 4.74 Å². The van der Waals surface area contributed by atoms with Crippen molar-refractivity contribution >= 4 is 27.4 Å². The Balaban J connectivity index is 1.63. The molecule has 2 aromatic heterocycles. The van der Waals surface area contributed by atoms with Crippen LogP contribution < -0.4 is 5.32 Å². The van der Waals surface area contributed by atoms with E-state index in [0.717, 1.165) is 35.7 Å². The van der Waals surface area contributed by atoms with Crippen LogP contribution in [0.15, 0.2) is 17.8 Å². The molecular formula is C15H22N4OS. The molecule has 1 aliphatic rings. The van der Waals surface area contributed by atoms with Crippen molar-refractivity contribution in [2.24, 2.45) is 0 Å². The number of thiophene rings is 1. The van der Waals surface area contributed by atoms with E-state index in [0.29, 0.717) is 18.2 Å². The molecule has 3 atom stereocenters. The van der Waals surface area contributed by atoms with Crippen molar-refractivity contribution in [3.05, 3.63) is 17.8 Å². The van der Waals surface area contributed by atoms with Crippen LogP contribution in [0.4, 0.5) is 5.82 Å². The molecule has 0 unspecified atom stereocenters. The summed E-state index contributed by atoms with van der Waals surface area (Å²) < 4.78 is 6.93. The number of anilines is 1. The fraction of sp³-hybridized carbons (Fsp3) is 0.600. The zero-order valence-electron chi connectivity index (χ0n) is 12.7. The molecule has 1 saturated heterocycles. The minimum atomic E-state index is 0.305. The number of morpholine rings is 1. The predicted octanol–water partition coefficient (Wildman–Crippen LogP) is 2.60. The normalized spacial score (nSPS) is 25.1. The number of nitrogens with zero attached hydrogens (tertiary/aromatic N) is 3. The lowest BCUT2D eigenvalue weighted by molar-refractivity contribution is -0.0769. The molecule has 3 heterocycles. The summed E-state index contributed by atoms with van der Waals surface area (Å²) in [6.07, 6.45) is 2.24. The molecule has 5 nitrogen and oxygen atoms in total. The van der Waals surface area contributed by atoms with E-state index in [4.69, 9.17) is 4.74 Å². The van der Waals surface area contributed by atoms with Crippen molar-refractivity contribution in [2.75, 3.05) is 25.0 Å². The van der Waals surface area contributed by atoms with Gasteiger partial charge in [-0.3, -0.25) is 4.90 Å². The van der Waals surface area contributed by atoms with Gasteiger partial charge in [-0.25, -0.2) is 9.97 Å². The Hall–Kier alpha value is -1.24. The van der Waals surface area contributed by atoms with Crippen LogP contribution in [-0.4, -0.2) is 52.8 Å². The third kappa shape index (κ3) is 3.33. The summed E-state index contributed by atoms with van der Waals surface area (Å²) in [5.74, 6) is 0.941. The first-order valence-corrected chi connectivity index (χ1v) is 8.33.